The molecule has 1 aliphatic carbocycles. The van der Waals surface area contributed by atoms with Gasteiger partial charge in [0, 0.05) is 22.6 Å². The summed E-state index contributed by atoms with van der Waals surface area (Å²) in [5.41, 5.74) is 11.3. The molecule has 0 aliphatic heterocycles. The minimum absolute atomic E-state index is 0.439. The molecule has 0 bridgehead atoms. The number of aromatic nitrogens is 4. The Morgan fingerprint density at radius 2 is 1.94 bits per heavy atom. The quantitative estimate of drug-likeness (QED) is 0.256. The molecule has 0 radical (unpaired) electrons. The molecule has 0 N–H and O–H groups in total. The zero-order chi connectivity index (χ0) is 24.2. The van der Waals surface area contributed by atoms with Crippen LogP contribution in [-0.2, 0) is 12.8 Å². The van der Waals surface area contributed by atoms with Crippen molar-refractivity contribution in [3.63, 3.8) is 0 Å². The molecule has 1 aliphatic rings. The first kappa shape index (κ1) is 23.8. The Balaban J connectivity index is 1.54. The monoisotopic (exact) mass is 468 g/mol. The van der Waals surface area contributed by atoms with Gasteiger partial charge >= 0.3 is 0 Å². The van der Waals surface area contributed by atoms with Crippen LogP contribution in [0.2, 0.25) is 0 Å². The molecule has 5 heteroatoms. The predicted molar refractivity (Wildman–Crippen MR) is 142 cm³/mol. The largest absolute Gasteiger partial charge is 0.257 e. The SMILES string of the molecule is C=C(Cl)/C(=C\C=C/Cc1cccc(-c2cnc3c(n2)C3)c1C)c1cnc(/C(=C\C)CC)c(C)n1. The van der Waals surface area contributed by atoms with Gasteiger partial charge in [0.1, 0.15) is 0 Å². The number of allylic oxidation sites excluding steroid dienone is 7. The predicted octanol–water partition coefficient (Wildman–Crippen LogP) is 7.20. The third-order valence-corrected chi connectivity index (χ3v) is 6.35. The summed E-state index contributed by atoms with van der Waals surface area (Å²) in [6, 6.07) is 6.34. The van der Waals surface area contributed by atoms with Crippen molar-refractivity contribution in [1.29, 1.82) is 0 Å². The van der Waals surface area contributed by atoms with Crippen molar-refractivity contribution >= 4 is 22.7 Å². The van der Waals surface area contributed by atoms with Gasteiger partial charge in [0.15, 0.2) is 0 Å². The molecular weight excluding hydrogens is 440 g/mol. The fraction of sp³-hybridized carbons (Fsp3) is 0.241. The van der Waals surface area contributed by atoms with E-state index < -0.39 is 0 Å². The molecule has 34 heavy (non-hydrogen) atoms. The van der Waals surface area contributed by atoms with Crippen LogP contribution in [-0.4, -0.2) is 19.9 Å². The molecule has 172 valence electrons. The fourth-order valence-electron chi connectivity index (χ4n) is 4.07. The summed E-state index contributed by atoms with van der Waals surface area (Å²) in [7, 11) is 0. The van der Waals surface area contributed by atoms with E-state index in [9.17, 15) is 0 Å². The first-order valence-corrected chi connectivity index (χ1v) is 12.0. The van der Waals surface area contributed by atoms with E-state index in [1.165, 1.54) is 16.7 Å². The van der Waals surface area contributed by atoms with Gasteiger partial charge in [0.05, 0.1) is 46.6 Å². The summed E-state index contributed by atoms with van der Waals surface area (Å²) in [5, 5.41) is 0.439. The average Bonchev–Trinajstić information content (AvgIpc) is 3.60. The molecule has 2 aromatic heterocycles. The fourth-order valence-corrected chi connectivity index (χ4v) is 4.23. The first-order chi connectivity index (χ1) is 16.4. The molecule has 0 saturated heterocycles. The van der Waals surface area contributed by atoms with Crippen molar-refractivity contribution in [2.24, 2.45) is 0 Å². The van der Waals surface area contributed by atoms with E-state index in [0.717, 1.165) is 64.6 Å². The summed E-state index contributed by atoms with van der Waals surface area (Å²) >= 11 is 6.33. The van der Waals surface area contributed by atoms with E-state index in [-0.39, 0.29) is 0 Å². The number of hydrogen-bond donors (Lipinski definition) is 0. The normalized spacial score (nSPS) is 13.3. The molecule has 0 spiro atoms. The zero-order valence-electron chi connectivity index (χ0n) is 20.2. The van der Waals surface area contributed by atoms with Crippen molar-refractivity contribution < 1.29 is 0 Å². The highest BCUT2D eigenvalue weighted by Gasteiger charge is 2.21. The molecule has 3 aromatic rings. The van der Waals surface area contributed by atoms with Gasteiger partial charge < -0.3 is 0 Å². The van der Waals surface area contributed by atoms with E-state index in [0.29, 0.717) is 5.03 Å². The lowest BCUT2D eigenvalue weighted by molar-refractivity contribution is 1.05. The minimum Gasteiger partial charge on any atom is -0.257 e. The summed E-state index contributed by atoms with van der Waals surface area (Å²) in [6.45, 7) is 12.2. The number of nitrogens with zero attached hydrogens (tertiary/aromatic N) is 4. The number of aryl methyl sites for hydroxylation is 1. The summed E-state index contributed by atoms with van der Waals surface area (Å²) < 4.78 is 0. The van der Waals surface area contributed by atoms with E-state index >= 15 is 0 Å². The summed E-state index contributed by atoms with van der Waals surface area (Å²) in [5.74, 6) is 0. The van der Waals surface area contributed by atoms with Crippen LogP contribution in [0.5, 0.6) is 0 Å². The number of benzene rings is 1. The molecule has 2 heterocycles. The molecule has 0 unspecified atom stereocenters. The lowest BCUT2D eigenvalue weighted by Crippen LogP contribution is -2.00. The van der Waals surface area contributed by atoms with Crippen LogP contribution in [0.15, 0.2) is 66.5 Å². The van der Waals surface area contributed by atoms with Crippen molar-refractivity contribution in [3.8, 4) is 11.3 Å². The van der Waals surface area contributed by atoms with E-state index in [1.807, 2.05) is 32.2 Å². The van der Waals surface area contributed by atoms with Crippen molar-refractivity contribution in [2.45, 2.75) is 47.0 Å². The number of hydrogen-bond acceptors (Lipinski definition) is 4. The highest BCUT2D eigenvalue weighted by atomic mass is 35.5. The molecule has 0 saturated carbocycles. The standard InChI is InChI=1S/C29H29ClN4/c1-6-21(7-2)29-20(5)33-28(17-32-29)24(19(4)30)13-9-8-11-22-12-10-14-23(18(22)3)27-16-31-25-15-26(25)34-27/h6,8-10,12-14,16-17H,4,7,11,15H2,1-3,5H3/b9-8-,21-6-,24-13+. The molecule has 0 atom stereocenters. The highest BCUT2D eigenvalue weighted by Crippen LogP contribution is 2.30. The van der Waals surface area contributed by atoms with Gasteiger partial charge in [0.25, 0.3) is 0 Å². The Labute approximate surface area is 206 Å². The number of halogens is 1. The van der Waals surface area contributed by atoms with Crippen LogP contribution in [0.1, 0.15) is 59.9 Å². The van der Waals surface area contributed by atoms with E-state index in [4.69, 9.17) is 21.6 Å². The van der Waals surface area contributed by atoms with Crippen LogP contribution in [0, 0.1) is 13.8 Å². The second-order valence-electron chi connectivity index (χ2n) is 8.39. The molecule has 4 rings (SSSR count). The van der Waals surface area contributed by atoms with Crippen LogP contribution in [0.3, 0.4) is 0 Å². The van der Waals surface area contributed by atoms with Gasteiger partial charge in [-0.25, -0.2) is 9.97 Å². The van der Waals surface area contributed by atoms with Crippen LogP contribution >= 0.6 is 11.6 Å². The maximum Gasteiger partial charge on any atom is 0.0903 e. The lowest BCUT2D eigenvalue weighted by Gasteiger charge is -2.10. The maximum absolute atomic E-state index is 6.33. The Morgan fingerprint density at radius 1 is 1.12 bits per heavy atom. The molecule has 1 aromatic carbocycles. The molecular formula is C29H29ClN4. The van der Waals surface area contributed by atoms with Crippen LogP contribution in [0.4, 0.5) is 0 Å². The van der Waals surface area contributed by atoms with Gasteiger partial charge in [-0.3, -0.25) is 9.97 Å². The maximum atomic E-state index is 6.33. The second-order valence-corrected chi connectivity index (χ2v) is 8.85. The average molecular weight is 469 g/mol. The third-order valence-electron chi connectivity index (χ3n) is 6.15. The Bertz CT molecular complexity index is 1350. The van der Waals surface area contributed by atoms with E-state index in [2.05, 4.69) is 60.7 Å². The summed E-state index contributed by atoms with van der Waals surface area (Å²) in [6.07, 6.45) is 14.4. The Morgan fingerprint density at radius 3 is 2.62 bits per heavy atom. The van der Waals surface area contributed by atoms with Gasteiger partial charge in [-0.05, 0) is 50.3 Å². The topological polar surface area (TPSA) is 51.6 Å². The van der Waals surface area contributed by atoms with Crippen LogP contribution < -0.4 is 0 Å². The van der Waals surface area contributed by atoms with Gasteiger partial charge in [-0.1, -0.05) is 67.6 Å². The number of fused-ring (bicyclic) bond motifs is 1. The highest BCUT2D eigenvalue weighted by molar-refractivity contribution is 6.36. The molecule has 4 nitrogen and oxygen atoms in total. The second kappa shape index (κ2) is 10.3. The zero-order valence-corrected chi connectivity index (χ0v) is 20.9. The van der Waals surface area contributed by atoms with Gasteiger partial charge in [0.2, 0.25) is 0 Å². The van der Waals surface area contributed by atoms with Crippen molar-refractivity contribution in [1.82, 2.24) is 19.9 Å². The van der Waals surface area contributed by atoms with Gasteiger partial charge in [-0.2, -0.15) is 0 Å². The number of rotatable bonds is 8. The third kappa shape index (κ3) is 5.07. The Hall–Kier alpha value is -3.37. The first-order valence-electron chi connectivity index (χ1n) is 11.6. The Kier molecular flexibility index (Phi) is 7.18. The van der Waals surface area contributed by atoms with Crippen molar-refractivity contribution in [2.75, 3.05) is 0 Å². The van der Waals surface area contributed by atoms with Crippen molar-refractivity contribution in [3.05, 3.63) is 106 Å². The smallest absolute Gasteiger partial charge is 0.0903 e. The van der Waals surface area contributed by atoms with E-state index in [1.54, 1.807) is 6.20 Å². The molecule has 0 fully saturated rings. The van der Waals surface area contributed by atoms with Gasteiger partial charge in [-0.15, -0.1) is 0 Å². The minimum atomic E-state index is 0.439. The summed E-state index contributed by atoms with van der Waals surface area (Å²) in [4.78, 5) is 18.6. The molecule has 0 amide bonds. The lowest BCUT2D eigenvalue weighted by atomic mass is 9.98. The van der Waals surface area contributed by atoms with Crippen LogP contribution in [0.25, 0.3) is 22.4 Å².